The third-order valence-electron chi connectivity index (χ3n) is 5.84. The van der Waals surface area contributed by atoms with Crippen LogP contribution in [0.4, 0.5) is 5.69 Å². The average Bonchev–Trinajstić information content (AvgIpc) is 3.39. The summed E-state index contributed by atoms with van der Waals surface area (Å²) in [5.41, 5.74) is 2.53. The van der Waals surface area contributed by atoms with E-state index in [2.05, 4.69) is 59.5 Å². The molecule has 1 aromatic heterocycles. The number of carbonyl (C=O) groups is 1. The summed E-state index contributed by atoms with van der Waals surface area (Å²) in [6, 6.07) is 19.1. The fraction of sp³-hybridized carbons (Fsp3) is 0.348. The minimum absolute atomic E-state index is 0.178. The zero-order valence-corrected chi connectivity index (χ0v) is 16.7. The van der Waals surface area contributed by atoms with Crippen LogP contribution in [0.25, 0.3) is 10.1 Å². The van der Waals surface area contributed by atoms with Crippen molar-refractivity contribution in [2.75, 3.05) is 44.3 Å². The standard InChI is InChI=1S/C23H24N2O2S/c26-23(24-12-14-27-15-13-24)22-21(19-8-4-5-9-20(19)28-22)17-10-11-25(16-17)18-6-2-1-3-7-18/h1-9,17H,10-16H2. The van der Waals surface area contributed by atoms with Gasteiger partial charge in [0.15, 0.2) is 0 Å². The van der Waals surface area contributed by atoms with Gasteiger partial charge in [-0.25, -0.2) is 0 Å². The lowest BCUT2D eigenvalue weighted by Crippen LogP contribution is -2.40. The number of thiophene rings is 1. The Kier molecular flexibility index (Phi) is 4.79. The van der Waals surface area contributed by atoms with Crippen molar-refractivity contribution < 1.29 is 9.53 Å². The Balaban J connectivity index is 1.50. The van der Waals surface area contributed by atoms with Crippen molar-refractivity contribution in [1.82, 2.24) is 4.90 Å². The summed E-state index contributed by atoms with van der Waals surface area (Å²) >= 11 is 1.66. The van der Waals surface area contributed by atoms with Crippen LogP contribution in [0.5, 0.6) is 0 Å². The Bertz CT molecular complexity index is 979. The molecule has 4 nitrogen and oxygen atoms in total. The predicted octanol–water partition coefficient (Wildman–Crippen LogP) is 4.37. The molecule has 2 aromatic carbocycles. The third kappa shape index (κ3) is 3.19. The second-order valence-corrected chi connectivity index (χ2v) is 8.56. The van der Waals surface area contributed by atoms with E-state index in [1.165, 1.54) is 21.3 Å². The highest BCUT2D eigenvalue weighted by Gasteiger charge is 2.32. The maximum absolute atomic E-state index is 13.4. The summed E-state index contributed by atoms with van der Waals surface area (Å²) < 4.78 is 6.66. The van der Waals surface area contributed by atoms with Gasteiger partial charge in [-0.1, -0.05) is 36.4 Å². The molecule has 0 saturated carbocycles. The number of hydrogen-bond donors (Lipinski definition) is 0. The molecule has 5 heteroatoms. The molecular weight excluding hydrogens is 368 g/mol. The molecule has 0 aliphatic carbocycles. The first-order chi connectivity index (χ1) is 13.8. The molecule has 1 amide bonds. The van der Waals surface area contributed by atoms with Crippen molar-refractivity contribution in [2.45, 2.75) is 12.3 Å². The highest BCUT2D eigenvalue weighted by Crippen LogP contribution is 2.41. The maximum atomic E-state index is 13.4. The lowest BCUT2D eigenvalue weighted by molar-refractivity contribution is 0.0305. The Morgan fingerprint density at radius 2 is 1.71 bits per heavy atom. The summed E-state index contributed by atoms with van der Waals surface area (Å²) in [5, 5.41) is 1.25. The molecule has 2 saturated heterocycles. The number of carbonyl (C=O) groups excluding carboxylic acids is 1. The summed E-state index contributed by atoms with van der Waals surface area (Å²) in [5.74, 6) is 0.564. The summed E-state index contributed by atoms with van der Waals surface area (Å²) in [6.07, 6.45) is 1.08. The smallest absolute Gasteiger partial charge is 0.264 e. The van der Waals surface area contributed by atoms with E-state index in [-0.39, 0.29) is 5.91 Å². The number of rotatable bonds is 3. The molecule has 3 heterocycles. The van der Waals surface area contributed by atoms with Crippen LogP contribution in [-0.2, 0) is 4.74 Å². The van der Waals surface area contributed by atoms with Gasteiger partial charge >= 0.3 is 0 Å². The monoisotopic (exact) mass is 392 g/mol. The molecule has 2 aliphatic rings. The van der Waals surface area contributed by atoms with E-state index in [0.717, 1.165) is 24.4 Å². The number of morpholine rings is 1. The zero-order valence-electron chi connectivity index (χ0n) is 15.8. The van der Waals surface area contributed by atoms with Crippen LogP contribution in [0, 0.1) is 0 Å². The number of para-hydroxylation sites is 1. The van der Waals surface area contributed by atoms with E-state index in [0.29, 0.717) is 32.2 Å². The molecule has 5 rings (SSSR count). The number of fused-ring (bicyclic) bond motifs is 1. The molecule has 1 atom stereocenters. The predicted molar refractivity (Wildman–Crippen MR) is 115 cm³/mol. The van der Waals surface area contributed by atoms with Gasteiger partial charge in [0.2, 0.25) is 0 Å². The minimum atomic E-state index is 0.178. The summed E-state index contributed by atoms with van der Waals surface area (Å²) in [6.45, 7) is 4.65. The normalized spacial score (nSPS) is 20.1. The molecule has 144 valence electrons. The molecular formula is C23H24N2O2S. The van der Waals surface area contributed by atoms with Crippen molar-refractivity contribution >= 4 is 33.0 Å². The van der Waals surface area contributed by atoms with Gasteiger partial charge in [0, 0.05) is 42.5 Å². The first-order valence-corrected chi connectivity index (χ1v) is 10.8. The first kappa shape index (κ1) is 17.7. The van der Waals surface area contributed by atoms with Crippen LogP contribution >= 0.6 is 11.3 Å². The first-order valence-electron chi connectivity index (χ1n) is 10.00. The SMILES string of the molecule is O=C(c1sc2ccccc2c1C1CCN(c2ccccc2)C1)N1CCOCC1. The molecule has 28 heavy (non-hydrogen) atoms. The van der Waals surface area contributed by atoms with Gasteiger partial charge in [-0.2, -0.15) is 0 Å². The van der Waals surface area contributed by atoms with E-state index >= 15 is 0 Å². The van der Waals surface area contributed by atoms with Crippen LogP contribution in [0.15, 0.2) is 54.6 Å². The molecule has 0 N–H and O–H groups in total. The second kappa shape index (κ2) is 7.57. The van der Waals surface area contributed by atoms with Crippen molar-refractivity contribution in [3.05, 3.63) is 65.0 Å². The van der Waals surface area contributed by atoms with E-state index in [1.807, 2.05) is 4.90 Å². The fourth-order valence-corrected chi connectivity index (χ4v) is 5.67. The Morgan fingerprint density at radius 3 is 2.54 bits per heavy atom. The molecule has 1 unspecified atom stereocenters. The van der Waals surface area contributed by atoms with E-state index in [4.69, 9.17) is 4.74 Å². The topological polar surface area (TPSA) is 32.8 Å². The van der Waals surface area contributed by atoms with Gasteiger partial charge in [0.1, 0.15) is 0 Å². The van der Waals surface area contributed by atoms with Crippen molar-refractivity contribution in [1.29, 1.82) is 0 Å². The van der Waals surface area contributed by atoms with Gasteiger partial charge in [0.05, 0.1) is 18.1 Å². The van der Waals surface area contributed by atoms with Gasteiger partial charge in [-0.05, 0) is 35.6 Å². The van der Waals surface area contributed by atoms with Gasteiger partial charge in [-0.15, -0.1) is 11.3 Å². The summed E-state index contributed by atoms with van der Waals surface area (Å²) in [7, 11) is 0. The Hall–Kier alpha value is -2.37. The van der Waals surface area contributed by atoms with Gasteiger partial charge in [-0.3, -0.25) is 4.79 Å². The van der Waals surface area contributed by atoms with E-state index in [9.17, 15) is 4.79 Å². The number of amides is 1. The van der Waals surface area contributed by atoms with Gasteiger partial charge in [0.25, 0.3) is 5.91 Å². The van der Waals surface area contributed by atoms with Crippen LogP contribution in [0.2, 0.25) is 0 Å². The highest BCUT2D eigenvalue weighted by molar-refractivity contribution is 7.21. The second-order valence-electron chi connectivity index (χ2n) is 7.51. The van der Waals surface area contributed by atoms with E-state index in [1.54, 1.807) is 11.3 Å². The van der Waals surface area contributed by atoms with Crippen molar-refractivity contribution in [3.63, 3.8) is 0 Å². The fourth-order valence-electron chi connectivity index (χ4n) is 4.41. The molecule has 2 aliphatic heterocycles. The molecule has 0 bridgehead atoms. The Morgan fingerprint density at radius 1 is 0.964 bits per heavy atom. The largest absolute Gasteiger partial charge is 0.378 e. The number of anilines is 1. The number of hydrogen-bond acceptors (Lipinski definition) is 4. The molecule has 0 spiro atoms. The summed E-state index contributed by atoms with van der Waals surface area (Å²) in [4.78, 5) is 18.7. The average molecular weight is 393 g/mol. The Labute approximate surface area is 169 Å². The highest BCUT2D eigenvalue weighted by atomic mass is 32.1. The minimum Gasteiger partial charge on any atom is -0.378 e. The number of benzene rings is 2. The maximum Gasteiger partial charge on any atom is 0.264 e. The van der Waals surface area contributed by atoms with Crippen LogP contribution < -0.4 is 4.90 Å². The van der Waals surface area contributed by atoms with Crippen molar-refractivity contribution in [3.8, 4) is 0 Å². The molecule has 0 radical (unpaired) electrons. The molecule has 3 aromatic rings. The number of nitrogens with zero attached hydrogens (tertiary/aromatic N) is 2. The van der Waals surface area contributed by atoms with Crippen LogP contribution in [-0.4, -0.2) is 50.2 Å². The third-order valence-corrected chi connectivity index (χ3v) is 7.02. The van der Waals surface area contributed by atoms with Gasteiger partial charge < -0.3 is 14.5 Å². The quantitative estimate of drug-likeness (QED) is 0.664. The van der Waals surface area contributed by atoms with Crippen LogP contribution in [0.3, 0.4) is 0 Å². The van der Waals surface area contributed by atoms with Crippen LogP contribution in [0.1, 0.15) is 27.6 Å². The lowest BCUT2D eigenvalue weighted by Gasteiger charge is -2.27. The van der Waals surface area contributed by atoms with E-state index < -0.39 is 0 Å². The lowest BCUT2D eigenvalue weighted by atomic mass is 9.94. The zero-order chi connectivity index (χ0) is 18.9. The van der Waals surface area contributed by atoms with Crippen molar-refractivity contribution in [2.24, 2.45) is 0 Å². The number of ether oxygens (including phenoxy) is 1. The molecule has 2 fully saturated rings.